The number of nitrogens with two attached hydrogens (primary N) is 1. The van der Waals surface area contributed by atoms with Gasteiger partial charge in [-0.1, -0.05) is 30.3 Å². The van der Waals surface area contributed by atoms with Crippen molar-refractivity contribution in [2.24, 2.45) is 0 Å². The van der Waals surface area contributed by atoms with Gasteiger partial charge in [0, 0.05) is 31.3 Å². The molecular weight excluding hydrogens is 414 g/mol. The van der Waals surface area contributed by atoms with Crippen LogP contribution in [-0.2, 0) is 27.9 Å². The quantitative estimate of drug-likeness (QED) is 0.440. The lowest BCUT2D eigenvalue weighted by molar-refractivity contribution is 0.126. The number of ether oxygens (including phenoxy) is 1. The van der Waals surface area contributed by atoms with Crippen LogP contribution in [0.3, 0.4) is 0 Å². The lowest BCUT2D eigenvalue weighted by Crippen LogP contribution is -2.22. The average Bonchev–Trinajstić information content (AvgIpc) is 3.13. The van der Waals surface area contributed by atoms with Crippen LogP contribution < -0.4 is 10.5 Å². The molecule has 0 amide bonds. The van der Waals surface area contributed by atoms with Crippen molar-refractivity contribution in [3.63, 3.8) is 0 Å². The maximum Gasteiger partial charge on any atom is 0.233 e. The van der Waals surface area contributed by atoms with Crippen molar-refractivity contribution >= 4 is 33.0 Å². The van der Waals surface area contributed by atoms with E-state index < -0.39 is 10.0 Å². The summed E-state index contributed by atoms with van der Waals surface area (Å²) in [6.45, 7) is 5.94. The Morgan fingerprint density at radius 2 is 2.00 bits per heavy atom. The Morgan fingerprint density at radius 3 is 2.74 bits per heavy atom. The predicted octanol–water partition coefficient (Wildman–Crippen LogP) is 3.23. The highest BCUT2D eigenvalue weighted by atomic mass is 32.2. The first-order chi connectivity index (χ1) is 14.9. The van der Waals surface area contributed by atoms with Gasteiger partial charge in [-0.3, -0.25) is 0 Å². The van der Waals surface area contributed by atoms with Crippen molar-refractivity contribution in [1.29, 1.82) is 0 Å². The van der Waals surface area contributed by atoms with E-state index in [0.717, 1.165) is 28.9 Å². The van der Waals surface area contributed by atoms with E-state index in [-0.39, 0.29) is 0 Å². The SMILES string of the molecule is CCOCc1nc2c(N)ncc(C)c2n1CCCCNS(=O)(=O)C=Cc1ccccc1. The van der Waals surface area contributed by atoms with Crippen LogP contribution in [0.2, 0.25) is 0 Å². The molecule has 0 fully saturated rings. The van der Waals surface area contributed by atoms with Gasteiger partial charge in [0.25, 0.3) is 0 Å². The first-order valence-electron chi connectivity index (χ1n) is 10.3. The number of unbranched alkanes of at least 4 members (excludes halogenated alkanes) is 1. The van der Waals surface area contributed by atoms with Crippen LogP contribution in [-0.4, -0.2) is 36.1 Å². The molecule has 0 saturated carbocycles. The van der Waals surface area contributed by atoms with Gasteiger partial charge in [0.15, 0.2) is 5.82 Å². The molecule has 0 saturated heterocycles. The third kappa shape index (κ3) is 6.13. The lowest BCUT2D eigenvalue weighted by atomic mass is 10.2. The zero-order chi connectivity index (χ0) is 22.3. The fraction of sp³-hybridized carbons (Fsp3) is 0.364. The van der Waals surface area contributed by atoms with E-state index in [2.05, 4.69) is 19.3 Å². The molecule has 2 heterocycles. The molecule has 31 heavy (non-hydrogen) atoms. The van der Waals surface area contributed by atoms with Gasteiger partial charge in [-0.05, 0) is 43.9 Å². The van der Waals surface area contributed by atoms with E-state index in [0.29, 0.717) is 44.1 Å². The number of hydrogen-bond donors (Lipinski definition) is 2. The highest BCUT2D eigenvalue weighted by Gasteiger charge is 2.15. The zero-order valence-corrected chi connectivity index (χ0v) is 18.7. The van der Waals surface area contributed by atoms with Crippen molar-refractivity contribution in [2.75, 3.05) is 18.9 Å². The second kappa shape index (κ2) is 10.5. The zero-order valence-electron chi connectivity index (χ0n) is 17.9. The molecule has 0 bridgehead atoms. The molecule has 0 radical (unpaired) electrons. The Morgan fingerprint density at radius 1 is 1.23 bits per heavy atom. The van der Waals surface area contributed by atoms with Crippen LogP contribution in [0, 0.1) is 6.92 Å². The van der Waals surface area contributed by atoms with Crippen molar-refractivity contribution in [1.82, 2.24) is 19.3 Å². The maximum atomic E-state index is 12.2. The summed E-state index contributed by atoms with van der Waals surface area (Å²) in [7, 11) is -3.48. The minimum Gasteiger partial charge on any atom is -0.382 e. The summed E-state index contributed by atoms with van der Waals surface area (Å²) in [6, 6.07) is 9.33. The van der Waals surface area contributed by atoms with E-state index in [9.17, 15) is 8.42 Å². The number of aryl methyl sites for hydroxylation is 2. The number of nitrogens with zero attached hydrogens (tertiary/aromatic N) is 3. The number of aromatic nitrogens is 3. The Hall–Kier alpha value is -2.75. The van der Waals surface area contributed by atoms with E-state index in [1.807, 2.05) is 44.2 Å². The average molecular weight is 444 g/mol. The van der Waals surface area contributed by atoms with Crippen LogP contribution in [0.4, 0.5) is 5.82 Å². The first-order valence-corrected chi connectivity index (χ1v) is 11.9. The van der Waals surface area contributed by atoms with Crippen LogP contribution >= 0.6 is 0 Å². The van der Waals surface area contributed by atoms with Gasteiger partial charge in [0.05, 0.1) is 5.52 Å². The molecule has 1 aromatic carbocycles. The lowest BCUT2D eigenvalue weighted by Gasteiger charge is -2.11. The number of hydrogen-bond acceptors (Lipinski definition) is 6. The van der Waals surface area contributed by atoms with Crippen molar-refractivity contribution in [3.8, 4) is 0 Å². The summed E-state index contributed by atoms with van der Waals surface area (Å²) in [6.07, 6.45) is 4.79. The van der Waals surface area contributed by atoms with Crippen molar-refractivity contribution < 1.29 is 13.2 Å². The van der Waals surface area contributed by atoms with E-state index in [1.54, 1.807) is 12.3 Å². The van der Waals surface area contributed by atoms with Gasteiger partial charge >= 0.3 is 0 Å². The Balaban J connectivity index is 1.60. The van der Waals surface area contributed by atoms with Crippen molar-refractivity contribution in [3.05, 3.63) is 58.9 Å². The largest absolute Gasteiger partial charge is 0.382 e. The smallest absolute Gasteiger partial charge is 0.233 e. The summed E-state index contributed by atoms with van der Waals surface area (Å²) >= 11 is 0. The molecule has 3 N–H and O–H groups in total. The van der Waals surface area contributed by atoms with Gasteiger partial charge in [-0.15, -0.1) is 0 Å². The summed E-state index contributed by atoms with van der Waals surface area (Å²) in [5.74, 6) is 1.20. The molecule has 166 valence electrons. The van der Waals surface area contributed by atoms with Gasteiger partial charge in [-0.25, -0.2) is 23.1 Å². The first kappa shape index (κ1) is 22.9. The van der Waals surface area contributed by atoms with E-state index >= 15 is 0 Å². The Kier molecular flexibility index (Phi) is 7.78. The minimum absolute atomic E-state index is 0.359. The number of rotatable bonds is 11. The third-order valence-electron chi connectivity index (χ3n) is 4.85. The minimum atomic E-state index is -3.48. The fourth-order valence-corrected chi connectivity index (χ4v) is 4.16. The summed E-state index contributed by atoms with van der Waals surface area (Å²) in [4.78, 5) is 8.83. The maximum absolute atomic E-state index is 12.2. The molecule has 0 unspecified atom stereocenters. The number of pyridine rings is 1. The topological polar surface area (TPSA) is 112 Å². The molecule has 0 aliphatic heterocycles. The molecule has 0 aliphatic carbocycles. The van der Waals surface area contributed by atoms with Gasteiger partial charge < -0.3 is 15.0 Å². The Labute approximate surface area is 183 Å². The molecule has 2 aromatic heterocycles. The highest BCUT2D eigenvalue weighted by Crippen LogP contribution is 2.24. The van der Waals surface area contributed by atoms with Gasteiger partial charge in [0.2, 0.25) is 10.0 Å². The fourth-order valence-electron chi connectivity index (χ4n) is 3.30. The number of benzene rings is 1. The van der Waals surface area contributed by atoms with E-state index in [1.165, 1.54) is 5.41 Å². The molecule has 3 aromatic rings. The summed E-state index contributed by atoms with van der Waals surface area (Å²) in [5.41, 5.74) is 9.48. The molecule has 3 rings (SSSR count). The molecule has 0 atom stereocenters. The predicted molar refractivity (Wildman–Crippen MR) is 124 cm³/mol. The number of nitrogens with one attached hydrogen (secondary N) is 1. The standard InChI is InChI=1S/C22H29N5O3S/c1-3-30-16-19-26-20-21(17(2)15-24-22(20)23)27(19)13-8-7-12-25-31(28,29)14-11-18-9-5-4-6-10-18/h4-6,9-11,14-15,25H,3,7-8,12-13,16H2,1-2H3,(H2,23,24). The second-order valence-corrected chi connectivity index (χ2v) is 8.85. The van der Waals surface area contributed by atoms with Crippen LogP contribution in [0.5, 0.6) is 0 Å². The molecule has 9 heteroatoms. The van der Waals surface area contributed by atoms with E-state index in [4.69, 9.17) is 10.5 Å². The molecule has 0 spiro atoms. The highest BCUT2D eigenvalue weighted by molar-refractivity contribution is 7.92. The second-order valence-electron chi connectivity index (χ2n) is 7.20. The monoisotopic (exact) mass is 443 g/mol. The summed E-state index contributed by atoms with van der Waals surface area (Å²) in [5, 5.41) is 1.20. The summed E-state index contributed by atoms with van der Waals surface area (Å²) < 4.78 is 34.6. The number of anilines is 1. The normalized spacial score (nSPS) is 12.2. The van der Waals surface area contributed by atoms with Crippen LogP contribution in [0.15, 0.2) is 41.9 Å². The van der Waals surface area contributed by atoms with Gasteiger partial charge in [0.1, 0.15) is 17.9 Å². The molecule has 8 nitrogen and oxygen atoms in total. The number of nitrogen functional groups attached to an aromatic ring is 1. The number of imidazole rings is 1. The van der Waals surface area contributed by atoms with Crippen LogP contribution in [0.25, 0.3) is 17.1 Å². The molecule has 0 aliphatic rings. The molecular formula is C22H29N5O3S. The van der Waals surface area contributed by atoms with Gasteiger partial charge in [-0.2, -0.15) is 0 Å². The third-order valence-corrected chi connectivity index (χ3v) is 5.95. The Bertz CT molecular complexity index is 1140. The number of sulfonamides is 1. The van der Waals surface area contributed by atoms with Crippen LogP contribution in [0.1, 0.15) is 36.7 Å². The number of fused-ring (bicyclic) bond motifs is 1. The van der Waals surface area contributed by atoms with Crippen molar-refractivity contribution in [2.45, 2.75) is 39.8 Å².